The summed E-state index contributed by atoms with van der Waals surface area (Å²) in [5.74, 6) is -2.36. The first-order chi connectivity index (χ1) is 23.4. The molecule has 0 saturated heterocycles. The molecule has 4 aromatic carbocycles. The number of benzene rings is 4. The van der Waals surface area contributed by atoms with Crippen LogP contribution in [-0.4, -0.2) is 41.8 Å². The number of azo groups is 1. The summed E-state index contributed by atoms with van der Waals surface area (Å²) in [7, 11) is -4.99. The van der Waals surface area contributed by atoms with E-state index >= 15 is 0 Å². The molecule has 0 aromatic heterocycles. The molecule has 4 rings (SSSR count). The van der Waals surface area contributed by atoms with E-state index in [1.54, 1.807) is 39.0 Å². The SMILES string of the molecule is CC(=O)Nc1cc(S(=O)(=O)[O-])cc2cc(SOO[O-])c(N=Nc3ccc(OC(C(=O)Nc4cc(C)ccc4Cl)C(=O)C(C)(C)C)cc3)c(O)c12.[Na+].[Na+]. The molecule has 0 saturated carbocycles. The first-order valence-corrected chi connectivity index (χ1v) is 16.9. The average Bonchev–Trinajstić information content (AvgIpc) is 3.02. The number of aryl methyl sites for hydroxylation is 1. The van der Waals surface area contributed by atoms with E-state index in [0.29, 0.717) is 17.7 Å². The number of carbonyl (C=O) groups is 3. The number of nitrogens with one attached hydrogen (secondary N) is 2. The molecule has 1 atom stereocenters. The minimum atomic E-state index is -4.99. The molecule has 52 heavy (non-hydrogen) atoms. The van der Waals surface area contributed by atoms with E-state index in [1.165, 1.54) is 30.3 Å². The summed E-state index contributed by atoms with van der Waals surface area (Å²) < 4.78 is 45.5. The number of hydrogen-bond acceptors (Lipinski definition) is 14. The number of phenolic OH excluding ortho intramolecular Hbond substituents is 1. The third-order valence-electron chi connectivity index (χ3n) is 6.83. The Labute approximate surface area is 352 Å². The molecule has 0 aliphatic heterocycles. The Balaban J connectivity index is 0.00000468. The predicted octanol–water partition coefficient (Wildman–Crippen LogP) is 0.0250. The Morgan fingerprint density at radius 3 is 2.19 bits per heavy atom. The molecular weight excluding hydrogens is 762 g/mol. The Morgan fingerprint density at radius 1 is 0.962 bits per heavy atom. The summed E-state index contributed by atoms with van der Waals surface area (Å²) in [6, 6.07) is 13.8. The van der Waals surface area contributed by atoms with Crippen molar-refractivity contribution in [1.82, 2.24) is 0 Å². The van der Waals surface area contributed by atoms with Crippen LogP contribution in [0.5, 0.6) is 11.5 Å². The quantitative estimate of drug-likeness (QED) is 0.0329. The fourth-order valence-corrected chi connectivity index (χ4v) is 5.68. The summed E-state index contributed by atoms with van der Waals surface area (Å²) in [6.07, 6.45) is -1.55. The zero-order valence-electron chi connectivity index (χ0n) is 29.0. The van der Waals surface area contributed by atoms with Crippen molar-refractivity contribution in [3.8, 4) is 11.5 Å². The van der Waals surface area contributed by atoms with Gasteiger partial charge in [0.15, 0.2) is 11.5 Å². The Morgan fingerprint density at radius 2 is 1.62 bits per heavy atom. The van der Waals surface area contributed by atoms with Crippen molar-refractivity contribution in [2.45, 2.75) is 50.5 Å². The van der Waals surface area contributed by atoms with Crippen LogP contribution in [-0.2, 0) is 33.9 Å². The van der Waals surface area contributed by atoms with Crippen molar-refractivity contribution in [2.75, 3.05) is 10.6 Å². The zero-order chi connectivity index (χ0) is 37.0. The number of hydrogen-bond donors (Lipinski definition) is 3. The molecule has 3 N–H and O–H groups in total. The largest absolute Gasteiger partial charge is 1.00 e. The van der Waals surface area contributed by atoms with Crippen LogP contribution in [0.25, 0.3) is 10.8 Å². The van der Waals surface area contributed by atoms with Crippen LogP contribution in [0.1, 0.15) is 33.3 Å². The van der Waals surface area contributed by atoms with Crippen LogP contribution < -0.4 is 79.7 Å². The third kappa shape index (κ3) is 11.7. The molecule has 264 valence electrons. The molecule has 0 aliphatic carbocycles. The monoisotopic (exact) mass is 790 g/mol. The number of Topliss-reactive ketones (excluding diaryl/α,β-unsaturated/α-hetero) is 1. The molecule has 0 radical (unpaired) electrons. The fraction of sp³-hybridized carbons (Fsp3) is 0.219. The van der Waals surface area contributed by atoms with Gasteiger partial charge in [-0.25, -0.2) is 8.42 Å². The van der Waals surface area contributed by atoms with Crippen molar-refractivity contribution in [3.63, 3.8) is 0 Å². The van der Waals surface area contributed by atoms with Gasteiger partial charge in [0.2, 0.25) is 12.0 Å². The maximum Gasteiger partial charge on any atom is 1.00 e. The van der Waals surface area contributed by atoms with E-state index in [0.717, 1.165) is 24.6 Å². The number of aromatic hydroxyl groups is 1. The van der Waals surface area contributed by atoms with E-state index < -0.39 is 49.9 Å². The zero-order valence-corrected chi connectivity index (χ0v) is 35.4. The number of phenols is 1. The fourth-order valence-electron chi connectivity index (χ4n) is 4.49. The summed E-state index contributed by atoms with van der Waals surface area (Å²) >= 11 is 6.54. The third-order valence-corrected chi connectivity index (χ3v) is 8.58. The van der Waals surface area contributed by atoms with Gasteiger partial charge < -0.3 is 30.3 Å². The van der Waals surface area contributed by atoms with Gasteiger partial charge in [-0.2, -0.15) is 9.45 Å². The molecule has 0 spiro atoms. The summed E-state index contributed by atoms with van der Waals surface area (Å²) in [6.45, 7) is 7.89. The Hall–Kier alpha value is -2.62. The van der Waals surface area contributed by atoms with Crippen LogP contribution >= 0.6 is 23.6 Å². The van der Waals surface area contributed by atoms with Gasteiger partial charge in [0, 0.05) is 17.7 Å². The first-order valence-electron chi connectivity index (χ1n) is 14.4. The van der Waals surface area contributed by atoms with Gasteiger partial charge in [0.1, 0.15) is 21.6 Å². The molecular formula is C32H29ClN4Na2O11S2. The van der Waals surface area contributed by atoms with Crippen molar-refractivity contribution in [1.29, 1.82) is 0 Å². The summed E-state index contributed by atoms with van der Waals surface area (Å²) in [5.41, 5.74) is -0.116. The maximum absolute atomic E-state index is 13.3. The smallest absolute Gasteiger partial charge is 0.744 e. The molecule has 1 unspecified atom stereocenters. The number of amides is 2. The average molecular weight is 791 g/mol. The molecule has 0 bridgehead atoms. The van der Waals surface area contributed by atoms with E-state index in [9.17, 15) is 37.7 Å². The normalized spacial score (nSPS) is 12.1. The van der Waals surface area contributed by atoms with Gasteiger partial charge in [-0.15, -0.1) is 5.11 Å². The van der Waals surface area contributed by atoms with Crippen LogP contribution in [0.2, 0.25) is 5.02 Å². The second kappa shape index (κ2) is 19.1. The summed E-state index contributed by atoms with van der Waals surface area (Å²) in [5, 5.41) is 38.5. The number of nitrogens with zero attached hydrogens (tertiary/aromatic N) is 2. The van der Waals surface area contributed by atoms with Crippen LogP contribution in [0, 0.1) is 12.3 Å². The van der Waals surface area contributed by atoms with Crippen LogP contribution in [0.3, 0.4) is 0 Å². The number of carbonyl (C=O) groups excluding carboxylic acids is 3. The van der Waals surface area contributed by atoms with E-state index in [4.69, 9.17) is 16.3 Å². The molecule has 20 heteroatoms. The predicted molar refractivity (Wildman–Crippen MR) is 180 cm³/mol. The van der Waals surface area contributed by atoms with Crippen molar-refractivity contribution in [2.24, 2.45) is 15.6 Å². The number of fused-ring (bicyclic) bond motifs is 1. The summed E-state index contributed by atoms with van der Waals surface area (Å²) in [4.78, 5) is 37.6. The molecule has 15 nitrogen and oxygen atoms in total. The second-order valence-corrected chi connectivity index (χ2v) is 14.3. The topological polar surface area (TPSA) is 228 Å². The molecule has 2 amide bonds. The van der Waals surface area contributed by atoms with Gasteiger partial charge in [0.05, 0.1) is 43.9 Å². The second-order valence-electron chi connectivity index (χ2n) is 11.8. The molecule has 0 fully saturated rings. The Bertz CT molecular complexity index is 2110. The Kier molecular flexibility index (Phi) is 16.7. The van der Waals surface area contributed by atoms with Crippen LogP contribution in [0.15, 0.2) is 80.7 Å². The van der Waals surface area contributed by atoms with Gasteiger partial charge in [-0.1, -0.05) is 38.4 Å². The van der Waals surface area contributed by atoms with Crippen molar-refractivity contribution in [3.05, 3.63) is 71.2 Å². The number of halogens is 1. The van der Waals surface area contributed by atoms with E-state index in [2.05, 4.69) is 30.2 Å². The van der Waals surface area contributed by atoms with Gasteiger partial charge >= 0.3 is 59.1 Å². The van der Waals surface area contributed by atoms with Crippen LogP contribution in [0.4, 0.5) is 22.7 Å². The van der Waals surface area contributed by atoms with Gasteiger partial charge in [-0.3, -0.25) is 19.4 Å². The molecule has 0 heterocycles. The van der Waals surface area contributed by atoms with E-state index in [-0.39, 0.29) is 103 Å². The minimum absolute atomic E-state index is 0. The number of ether oxygens (including phenoxy) is 1. The minimum Gasteiger partial charge on any atom is -0.744 e. The maximum atomic E-state index is 13.3. The van der Waals surface area contributed by atoms with Gasteiger partial charge in [0.25, 0.3) is 5.91 Å². The number of ketones is 1. The van der Waals surface area contributed by atoms with Gasteiger partial charge in [-0.05, 0) is 72.5 Å². The standard InChI is InChI=1S/C32H31ClN4O11S2.2Na/c1-16-6-11-22(33)23(12-16)35-31(41)29(30(40)32(3,4)5)46-20-9-7-19(8-10-20)36-37-27-25(49-48-47-42)14-18-13-21(50(43,44)45)15-24(34-17(2)38)26(18)28(27)39;;/h6-15,29,39,42H,1-5H3,(H,34,38)(H,35,41)(H,43,44,45);;/q;2*+1/p-2. The van der Waals surface area contributed by atoms with Crippen molar-refractivity contribution >= 4 is 84.9 Å². The molecule has 0 aliphatic rings. The molecule has 4 aromatic rings. The van der Waals surface area contributed by atoms with Crippen molar-refractivity contribution < 1.29 is 111 Å². The number of anilines is 2. The first kappa shape index (κ1) is 45.5. The van der Waals surface area contributed by atoms with E-state index in [1.807, 2.05) is 6.92 Å². The number of rotatable bonds is 12.